The van der Waals surface area contributed by atoms with Crippen molar-refractivity contribution in [3.8, 4) is 0 Å². The molecule has 2 aromatic rings. The second kappa shape index (κ2) is 5.83. The molecule has 0 radical (unpaired) electrons. The number of aromatic nitrogens is 2. The van der Waals surface area contributed by atoms with Gasteiger partial charge in [-0.2, -0.15) is 0 Å². The molecular formula is C12H12BrIN4. The third-order valence-electron chi connectivity index (χ3n) is 2.30. The lowest BCUT2D eigenvalue weighted by atomic mass is 10.3. The predicted molar refractivity (Wildman–Crippen MR) is 86.0 cm³/mol. The number of halogens is 2. The van der Waals surface area contributed by atoms with Gasteiger partial charge in [-0.3, -0.25) is 0 Å². The average molecular weight is 419 g/mol. The van der Waals surface area contributed by atoms with Crippen LogP contribution in [-0.2, 0) is 6.42 Å². The number of hydrogen-bond acceptors (Lipinski definition) is 4. The Morgan fingerprint density at radius 2 is 2.11 bits per heavy atom. The summed E-state index contributed by atoms with van der Waals surface area (Å²) in [5.74, 6) is 1.92. The Hall–Kier alpha value is -0.890. The third-order valence-corrected chi connectivity index (χ3v) is 3.63. The first-order chi connectivity index (χ1) is 8.58. The third kappa shape index (κ3) is 3.32. The van der Waals surface area contributed by atoms with Crippen LogP contribution >= 0.6 is 38.5 Å². The SMILES string of the molecule is CCc1nc(N)cc(Nc2ccc(I)cc2Br)n1. The fraction of sp³-hybridized carbons (Fsp3) is 0.167. The summed E-state index contributed by atoms with van der Waals surface area (Å²) in [6, 6.07) is 7.78. The number of hydrogen-bond donors (Lipinski definition) is 2. The van der Waals surface area contributed by atoms with Crippen LogP contribution in [-0.4, -0.2) is 9.97 Å². The van der Waals surface area contributed by atoms with Crippen LogP contribution in [0.15, 0.2) is 28.7 Å². The summed E-state index contributed by atoms with van der Waals surface area (Å²) in [7, 11) is 0. The van der Waals surface area contributed by atoms with Gasteiger partial charge in [0.15, 0.2) is 0 Å². The van der Waals surface area contributed by atoms with E-state index in [1.165, 1.54) is 3.57 Å². The number of nitrogens with zero attached hydrogens (tertiary/aromatic N) is 2. The molecule has 0 aliphatic rings. The number of nitrogens with two attached hydrogens (primary N) is 1. The molecule has 94 valence electrons. The molecular weight excluding hydrogens is 407 g/mol. The number of anilines is 3. The molecule has 0 unspecified atom stereocenters. The minimum Gasteiger partial charge on any atom is -0.384 e. The lowest BCUT2D eigenvalue weighted by molar-refractivity contribution is 0.948. The summed E-state index contributed by atoms with van der Waals surface area (Å²) in [5.41, 5.74) is 6.70. The number of nitrogen functional groups attached to an aromatic ring is 1. The van der Waals surface area contributed by atoms with Gasteiger partial charge in [-0.15, -0.1) is 0 Å². The summed E-state index contributed by atoms with van der Waals surface area (Å²) in [5, 5.41) is 3.23. The number of benzene rings is 1. The molecule has 0 fully saturated rings. The molecule has 0 saturated heterocycles. The highest BCUT2D eigenvalue weighted by Gasteiger charge is 2.04. The van der Waals surface area contributed by atoms with Crippen LogP contribution in [0, 0.1) is 3.57 Å². The maximum absolute atomic E-state index is 5.75. The maximum Gasteiger partial charge on any atom is 0.136 e. The molecule has 18 heavy (non-hydrogen) atoms. The van der Waals surface area contributed by atoms with E-state index < -0.39 is 0 Å². The Labute approximate surface area is 128 Å². The summed E-state index contributed by atoms with van der Waals surface area (Å²) < 4.78 is 2.16. The molecule has 0 spiro atoms. The quantitative estimate of drug-likeness (QED) is 0.745. The van der Waals surface area contributed by atoms with Crippen LogP contribution in [0.1, 0.15) is 12.7 Å². The van der Waals surface area contributed by atoms with Gasteiger partial charge < -0.3 is 11.1 Å². The van der Waals surface area contributed by atoms with Crippen molar-refractivity contribution in [2.24, 2.45) is 0 Å². The fourth-order valence-electron chi connectivity index (χ4n) is 1.47. The van der Waals surface area contributed by atoms with E-state index in [9.17, 15) is 0 Å². The van der Waals surface area contributed by atoms with Crippen molar-refractivity contribution in [2.45, 2.75) is 13.3 Å². The van der Waals surface area contributed by atoms with Crippen LogP contribution in [0.25, 0.3) is 0 Å². The molecule has 2 rings (SSSR count). The van der Waals surface area contributed by atoms with Crippen LogP contribution in [0.4, 0.5) is 17.3 Å². The van der Waals surface area contributed by atoms with E-state index in [1.807, 2.05) is 25.1 Å². The second-order valence-electron chi connectivity index (χ2n) is 3.70. The van der Waals surface area contributed by atoms with E-state index >= 15 is 0 Å². The minimum atomic E-state index is 0.478. The normalized spacial score (nSPS) is 10.4. The largest absolute Gasteiger partial charge is 0.384 e. The number of nitrogens with one attached hydrogen (secondary N) is 1. The van der Waals surface area contributed by atoms with Crippen molar-refractivity contribution in [3.63, 3.8) is 0 Å². The van der Waals surface area contributed by atoms with Gasteiger partial charge in [-0.05, 0) is 56.7 Å². The van der Waals surface area contributed by atoms with Crippen molar-refractivity contribution in [2.75, 3.05) is 11.1 Å². The zero-order valence-electron chi connectivity index (χ0n) is 9.74. The Morgan fingerprint density at radius 1 is 1.33 bits per heavy atom. The van der Waals surface area contributed by atoms with Crippen LogP contribution < -0.4 is 11.1 Å². The molecule has 1 heterocycles. The molecule has 0 atom stereocenters. The monoisotopic (exact) mass is 418 g/mol. The summed E-state index contributed by atoms with van der Waals surface area (Å²) in [4.78, 5) is 8.53. The van der Waals surface area contributed by atoms with E-state index in [-0.39, 0.29) is 0 Å². The summed E-state index contributed by atoms with van der Waals surface area (Å²) in [6.45, 7) is 2.00. The van der Waals surface area contributed by atoms with Crippen molar-refractivity contribution >= 4 is 55.8 Å². The Balaban J connectivity index is 2.30. The molecule has 6 heteroatoms. The van der Waals surface area contributed by atoms with Crippen LogP contribution in [0.2, 0.25) is 0 Å². The molecule has 0 aliphatic heterocycles. The molecule has 1 aromatic carbocycles. The lowest BCUT2D eigenvalue weighted by Gasteiger charge is -2.09. The van der Waals surface area contributed by atoms with Gasteiger partial charge in [-0.1, -0.05) is 6.92 Å². The van der Waals surface area contributed by atoms with E-state index in [0.717, 1.165) is 22.4 Å². The van der Waals surface area contributed by atoms with Crippen molar-refractivity contribution < 1.29 is 0 Å². The summed E-state index contributed by atoms with van der Waals surface area (Å²) in [6.07, 6.45) is 0.758. The van der Waals surface area contributed by atoms with Crippen molar-refractivity contribution in [3.05, 3.63) is 38.1 Å². The smallest absolute Gasteiger partial charge is 0.136 e. The minimum absolute atomic E-state index is 0.478. The molecule has 0 aliphatic carbocycles. The topological polar surface area (TPSA) is 63.8 Å². The highest BCUT2D eigenvalue weighted by molar-refractivity contribution is 14.1. The Kier molecular flexibility index (Phi) is 4.39. The van der Waals surface area contributed by atoms with Gasteiger partial charge in [-0.25, -0.2) is 9.97 Å². The lowest BCUT2D eigenvalue weighted by Crippen LogP contribution is -2.03. The van der Waals surface area contributed by atoms with Crippen molar-refractivity contribution in [1.82, 2.24) is 9.97 Å². The summed E-state index contributed by atoms with van der Waals surface area (Å²) >= 11 is 5.78. The Morgan fingerprint density at radius 3 is 2.78 bits per heavy atom. The van der Waals surface area contributed by atoms with E-state index in [1.54, 1.807) is 6.07 Å². The van der Waals surface area contributed by atoms with Gasteiger partial charge >= 0.3 is 0 Å². The molecule has 1 aromatic heterocycles. The molecule has 4 nitrogen and oxygen atoms in total. The molecule has 0 bridgehead atoms. The van der Waals surface area contributed by atoms with Crippen LogP contribution in [0.3, 0.4) is 0 Å². The van der Waals surface area contributed by atoms with Crippen molar-refractivity contribution in [1.29, 1.82) is 0 Å². The zero-order valence-corrected chi connectivity index (χ0v) is 13.5. The first-order valence-electron chi connectivity index (χ1n) is 5.44. The van der Waals surface area contributed by atoms with E-state index in [4.69, 9.17) is 5.73 Å². The fourth-order valence-corrected chi connectivity index (χ4v) is 2.87. The van der Waals surface area contributed by atoms with Gasteiger partial charge in [0, 0.05) is 20.5 Å². The van der Waals surface area contributed by atoms with Crippen LogP contribution in [0.5, 0.6) is 0 Å². The highest BCUT2D eigenvalue weighted by Crippen LogP contribution is 2.27. The average Bonchev–Trinajstić information content (AvgIpc) is 2.32. The van der Waals surface area contributed by atoms with Gasteiger partial charge in [0.05, 0.1) is 5.69 Å². The first kappa shape index (κ1) is 13.5. The standard InChI is InChI=1S/C12H12BrIN4/c1-2-11-17-10(15)6-12(18-11)16-9-4-3-7(14)5-8(9)13/h3-6H,2H2,1H3,(H3,15,16,17,18). The van der Waals surface area contributed by atoms with Gasteiger partial charge in [0.1, 0.15) is 17.5 Å². The molecule has 0 amide bonds. The number of aryl methyl sites for hydroxylation is 1. The first-order valence-corrected chi connectivity index (χ1v) is 7.31. The van der Waals surface area contributed by atoms with E-state index in [0.29, 0.717) is 11.6 Å². The van der Waals surface area contributed by atoms with E-state index in [2.05, 4.69) is 53.8 Å². The zero-order chi connectivity index (χ0) is 13.1. The molecule has 3 N–H and O–H groups in total. The second-order valence-corrected chi connectivity index (χ2v) is 5.80. The highest BCUT2D eigenvalue weighted by atomic mass is 127. The van der Waals surface area contributed by atoms with Gasteiger partial charge in [0.2, 0.25) is 0 Å². The molecule has 0 saturated carbocycles. The maximum atomic E-state index is 5.75. The Bertz CT molecular complexity index is 574. The predicted octanol–water partition coefficient (Wildman–Crippen LogP) is 3.73. The van der Waals surface area contributed by atoms with Gasteiger partial charge in [0.25, 0.3) is 0 Å². The number of rotatable bonds is 3.